The summed E-state index contributed by atoms with van der Waals surface area (Å²) in [7, 11) is 0. The number of nitrogen functional groups attached to an aromatic ring is 1. The van der Waals surface area contributed by atoms with Gasteiger partial charge in [0.25, 0.3) is 0 Å². The highest BCUT2D eigenvalue weighted by molar-refractivity contribution is 6.40. The number of carbonyl (C=O) groups excluding carboxylic acids is 1. The van der Waals surface area contributed by atoms with Crippen LogP contribution in [0.15, 0.2) is 12.1 Å². The van der Waals surface area contributed by atoms with Crippen LogP contribution in [-0.4, -0.2) is 41.7 Å². The summed E-state index contributed by atoms with van der Waals surface area (Å²) in [6.45, 7) is 4.95. The van der Waals surface area contributed by atoms with Crippen molar-refractivity contribution >= 4 is 40.5 Å². The van der Waals surface area contributed by atoms with Gasteiger partial charge >= 0.3 is 0 Å². The predicted octanol–water partition coefficient (Wildman–Crippen LogP) is 2.61. The van der Waals surface area contributed by atoms with Crippen molar-refractivity contribution in [1.82, 2.24) is 4.90 Å². The number of hydrogen-bond donors (Lipinski definition) is 3. The molecule has 0 fully saturated rings. The molecule has 5 nitrogen and oxygen atoms in total. The zero-order chi connectivity index (χ0) is 16.0. The highest BCUT2D eigenvalue weighted by Gasteiger charge is 2.22. The van der Waals surface area contributed by atoms with Crippen LogP contribution in [0.4, 0.5) is 11.4 Å². The summed E-state index contributed by atoms with van der Waals surface area (Å²) in [5.74, 6) is -0.231. The van der Waals surface area contributed by atoms with Crippen LogP contribution in [0.1, 0.15) is 20.3 Å². The van der Waals surface area contributed by atoms with Crippen LogP contribution >= 0.6 is 23.2 Å². The number of nitrogens with two attached hydrogens (primary N) is 1. The van der Waals surface area contributed by atoms with E-state index in [-0.39, 0.29) is 12.5 Å². The molecule has 0 aromatic heterocycles. The number of amides is 1. The highest BCUT2D eigenvalue weighted by Crippen LogP contribution is 2.33. The van der Waals surface area contributed by atoms with Crippen LogP contribution in [0.3, 0.4) is 0 Å². The molecule has 0 bridgehead atoms. The first-order valence-electron chi connectivity index (χ1n) is 6.81. The third-order valence-corrected chi connectivity index (χ3v) is 3.73. The van der Waals surface area contributed by atoms with E-state index in [0.29, 0.717) is 28.0 Å². The van der Waals surface area contributed by atoms with Crippen LogP contribution in [0, 0.1) is 0 Å². The molecule has 7 heteroatoms. The maximum Gasteiger partial charge on any atom is 0.241 e. The van der Waals surface area contributed by atoms with Crippen molar-refractivity contribution in [2.24, 2.45) is 0 Å². The van der Waals surface area contributed by atoms with Crippen LogP contribution < -0.4 is 11.1 Å². The Morgan fingerprint density at radius 1 is 1.38 bits per heavy atom. The van der Waals surface area contributed by atoms with E-state index in [1.807, 2.05) is 11.8 Å². The van der Waals surface area contributed by atoms with Crippen molar-refractivity contribution in [3.63, 3.8) is 0 Å². The predicted molar refractivity (Wildman–Crippen MR) is 87.9 cm³/mol. The van der Waals surface area contributed by atoms with Gasteiger partial charge in [0.15, 0.2) is 0 Å². The number of benzene rings is 1. The Bertz CT molecular complexity index is 468. The van der Waals surface area contributed by atoms with E-state index >= 15 is 0 Å². The maximum atomic E-state index is 12.3. The zero-order valence-corrected chi connectivity index (χ0v) is 13.7. The van der Waals surface area contributed by atoms with Gasteiger partial charge in [0.1, 0.15) is 0 Å². The number of hydrogen-bond acceptors (Lipinski definition) is 4. The summed E-state index contributed by atoms with van der Waals surface area (Å²) < 4.78 is 0. The van der Waals surface area contributed by atoms with Crippen molar-refractivity contribution in [3.8, 4) is 0 Å². The van der Waals surface area contributed by atoms with Gasteiger partial charge < -0.3 is 16.2 Å². The van der Waals surface area contributed by atoms with E-state index in [4.69, 9.17) is 34.0 Å². The van der Waals surface area contributed by atoms with E-state index in [1.54, 1.807) is 6.92 Å². The van der Waals surface area contributed by atoms with E-state index in [1.165, 1.54) is 12.1 Å². The Labute approximate surface area is 135 Å². The molecule has 1 aromatic carbocycles. The van der Waals surface area contributed by atoms with E-state index in [2.05, 4.69) is 5.32 Å². The maximum absolute atomic E-state index is 12.3. The third kappa shape index (κ3) is 5.04. The Morgan fingerprint density at radius 3 is 2.43 bits per heavy atom. The number of anilines is 2. The largest absolute Gasteiger partial charge is 0.399 e. The summed E-state index contributed by atoms with van der Waals surface area (Å²) >= 11 is 12.1. The fourth-order valence-corrected chi connectivity index (χ4v) is 2.62. The summed E-state index contributed by atoms with van der Waals surface area (Å²) in [5, 5.41) is 12.4. The average Bonchev–Trinajstić information content (AvgIpc) is 2.41. The first-order valence-corrected chi connectivity index (χ1v) is 7.56. The van der Waals surface area contributed by atoms with E-state index < -0.39 is 6.04 Å². The van der Waals surface area contributed by atoms with Crippen LogP contribution in [0.25, 0.3) is 0 Å². The Balaban J connectivity index is 2.84. The number of carbonyl (C=O) groups is 1. The minimum absolute atomic E-state index is 0.000995. The van der Waals surface area contributed by atoms with E-state index in [9.17, 15) is 4.79 Å². The van der Waals surface area contributed by atoms with Gasteiger partial charge in [0.2, 0.25) is 5.91 Å². The van der Waals surface area contributed by atoms with Crippen LogP contribution in [0.2, 0.25) is 10.0 Å². The molecular formula is C14H21Cl2N3O2. The smallest absolute Gasteiger partial charge is 0.241 e. The molecule has 4 N–H and O–H groups in total. The normalized spacial score (nSPS) is 12.5. The van der Waals surface area contributed by atoms with Crippen molar-refractivity contribution < 1.29 is 9.90 Å². The Hall–Kier alpha value is -1.01. The second kappa shape index (κ2) is 8.44. The molecule has 21 heavy (non-hydrogen) atoms. The second-order valence-electron chi connectivity index (χ2n) is 4.78. The topological polar surface area (TPSA) is 78.6 Å². The number of nitrogens with one attached hydrogen (secondary N) is 1. The van der Waals surface area contributed by atoms with Gasteiger partial charge in [-0.2, -0.15) is 0 Å². The molecule has 1 rings (SSSR count). The lowest BCUT2D eigenvalue weighted by molar-refractivity contribution is -0.120. The van der Waals surface area contributed by atoms with Gasteiger partial charge in [0.05, 0.1) is 28.4 Å². The van der Waals surface area contributed by atoms with Crippen molar-refractivity contribution in [1.29, 1.82) is 0 Å². The minimum Gasteiger partial charge on any atom is -0.399 e. The Kier molecular flexibility index (Phi) is 7.25. The quantitative estimate of drug-likeness (QED) is 0.670. The molecular weight excluding hydrogens is 313 g/mol. The standard InChI is InChI=1S/C14H21Cl2N3O2/c1-3-4-19(5-6-20)9(2)14(21)18-13-11(15)7-10(17)8-12(13)16/h7-9,20H,3-6,17H2,1-2H3,(H,18,21). The fraction of sp³-hybridized carbons (Fsp3) is 0.500. The summed E-state index contributed by atoms with van der Waals surface area (Å²) in [4.78, 5) is 14.2. The molecule has 0 aliphatic carbocycles. The van der Waals surface area contributed by atoms with Crippen molar-refractivity contribution in [2.75, 3.05) is 30.7 Å². The number of aliphatic hydroxyl groups is 1. The molecule has 0 saturated heterocycles. The first-order chi connectivity index (χ1) is 9.90. The van der Waals surface area contributed by atoms with E-state index in [0.717, 1.165) is 13.0 Å². The molecule has 118 valence electrons. The monoisotopic (exact) mass is 333 g/mol. The van der Waals surface area contributed by atoms with Gasteiger partial charge in [-0.25, -0.2) is 0 Å². The zero-order valence-electron chi connectivity index (χ0n) is 12.2. The molecule has 0 saturated carbocycles. The first kappa shape index (κ1) is 18.0. The van der Waals surface area contributed by atoms with Crippen LogP contribution in [0.5, 0.6) is 0 Å². The SMILES string of the molecule is CCCN(CCO)C(C)C(=O)Nc1c(Cl)cc(N)cc1Cl. The number of rotatable bonds is 7. The fourth-order valence-electron chi connectivity index (χ4n) is 2.02. The highest BCUT2D eigenvalue weighted by atomic mass is 35.5. The molecule has 1 atom stereocenters. The average molecular weight is 334 g/mol. The minimum atomic E-state index is -0.401. The second-order valence-corrected chi connectivity index (χ2v) is 5.60. The van der Waals surface area contributed by atoms with Gasteiger partial charge in [-0.15, -0.1) is 0 Å². The Morgan fingerprint density at radius 2 is 1.95 bits per heavy atom. The van der Waals surface area contributed by atoms with Gasteiger partial charge in [-0.3, -0.25) is 9.69 Å². The molecule has 0 aliphatic rings. The lowest BCUT2D eigenvalue weighted by Gasteiger charge is -2.27. The molecule has 0 radical (unpaired) electrons. The molecule has 1 aromatic rings. The van der Waals surface area contributed by atoms with Gasteiger partial charge in [-0.1, -0.05) is 30.1 Å². The molecule has 0 spiro atoms. The summed E-state index contributed by atoms with van der Waals surface area (Å²) in [6.07, 6.45) is 0.890. The molecule has 1 unspecified atom stereocenters. The lowest BCUT2D eigenvalue weighted by atomic mass is 10.2. The summed E-state index contributed by atoms with van der Waals surface area (Å²) in [6, 6.07) is 2.66. The molecule has 0 heterocycles. The number of aliphatic hydroxyl groups excluding tert-OH is 1. The summed E-state index contributed by atoms with van der Waals surface area (Å²) in [5.41, 5.74) is 6.41. The number of halogens is 2. The van der Waals surface area contributed by atoms with Gasteiger partial charge in [-0.05, 0) is 32.0 Å². The molecule has 1 amide bonds. The third-order valence-electron chi connectivity index (χ3n) is 3.14. The molecule has 0 aliphatic heterocycles. The van der Waals surface area contributed by atoms with Gasteiger partial charge in [0, 0.05) is 12.2 Å². The van der Waals surface area contributed by atoms with Crippen LogP contribution in [-0.2, 0) is 4.79 Å². The number of nitrogens with zero attached hydrogens (tertiary/aromatic N) is 1. The van der Waals surface area contributed by atoms with Crippen molar-refractivity contribution in [2.45, 2.75) is 26.3 Å². The lowest BCUT2D eigenvalue weighted by Crippen LogP contribution is -2.43. The van der Waals surface area contributed by atoms with Crippen molar-refractivity contribution in [3.05, 3.63) is 22.2 Å².